The molecule has 0 aromatic heterocycles. The third kappa shape index (κ3) is 5.27. The molecule has 0 aliphatic carbocycles. The molecule has 2 unspecified atom stereocenters. The molecule has 0 radical (unpaired) electrons. The highest BCUT2D eigenvalue weighted by Gasteiger charge is 2.23. The zero-order valence-corrected chi connectivity index (χ0v) is 12.1. The van der Waals surface area contributed by atoms with Gasteiger partial charge in [-0.2, -0.15) is 0 Å². The number of nitrogens with zero attached hydrogens (tertiary/aromatic N) is 1. The zero-order valence-electron chi connectivity index (χ0n) is 11.3. The van der Waals surface area contributed by atoms with E-state index in [1.165, 1.54) is 0 Å². The van der Waals surface area contributed by atoms with Gasteiger partial charge in [0.2, 0.25) is 5.91 Å². The first-order chi connectivity index (χ1) is 8.00. The van der Waals surface area contributed by atoms with Gasteiger partial charge in [0.05, 0.1) is 6.04 Å². The number of amides is 1. The minimum Gasteiger partial charge on any atom is -0.353 e. The second-order valence-corrected chi connectivity index (χ2v) is 6.29. The molecule has 2 N–H and O–H groups in total. The normalized spacial score (nSPS) is 22.1. The number of nitrogens with one attached hydrogen (secondary N) is 2. The van der Waals surface area contributed by atoms with Crippen LogP contribution in [0.25, 0.3) is 0 Å². The summed E-state index contributed by atoms with van der Waals surface area (Å²) in [5.74, 6) is 2.58. The van der Waals surface area contributed by atoms with Gasteiger partial charge in [-0.3, -0.25) is 10.1 Å². The lowest BCUT2D eigenvalue weighted by Crippen LogP contribution is -2.47. The van der Waals surface area contributed by atoms with Gasteiger partial charge < -0.3 is 10.2 Å². The van der Waals surface area contributed by atoms with Gasteiger partial charge >= 0.3 is 0 Å². The molecule has 4 nitrogen and oxygen atoms in total. The minimum absolute atomic E-state index is 0.00172. The lowest BCUT2D eigenvalue weighted by atomic mass is 10.0. The third-order valence-electron chi connectivity index (χ3n) is 3.02. The van der Waals surface area contributed by atoms with Gasteiger partial charge in [0.15, 0.2) is 0 Å². The Bertz CT molecular complexity index is 240. The maximum Gasteiger partial charge on any atom is 0.238 e. The second-order valence-electron chi connectivity index (χ2n) is 5.26. The fourth-order valence-corrected chi connectivity index (χ4v) is 2.87. The maximum atomic E-state index is 11.9. The lowest BCUT2D eigenvalue weighted by Gasteiger charge is -2.26. The van der Waals surface area contributed by atoms with Crippen molar-refractivity contribution in [1.29, 1.82) is 0 Å². The standard InChI is InChI=1S/C12H25N3OS/c1-9(2)5-10(15(3)4)6-13-12(16)11-7-17-8-14-11/h9-11,14H,5-8H2,1-4H3,(H,13,16). The summed E-state index contributed by atoms with van der Waals surface area (Å²) in [6.45, 7) is 5.17. The van der Waals surface area contributed by atoms with Crippen molar-refractivity contribution in [2.45, 2.75) is 32.4 Å². The Morgan fingerprint density at radius 2 is 2.24 bits per heavy atom. The van der Waals surface area contributed by atoms with E-state index in [0.29, 0.717) is 12.0 Å². The molecule has 0 bridgehead atoms. The molecule has 1 saturated heterocycles. The number of thioether (sulfide) groups is 1. The lowest BCUT2D eigenvalue weighted by molar-refractivity contribution is -0.122. The van der Waals surface area contributed by atoms with Crippen LogP contribution in [-0.2, 0) is 4.79 Å². The molecule has 0 aromatic rings. The predicted molar refractivity (Wildman–Crippen MR) is 74.2 cm³/mol. The highest BCUT2D eigenvalue weighted by Crippen LogP contribution is 2.10. The Labute approximate surface area is 109 Å². The number of likely N-dealkylation sites (N-methyl/N-ethyl adjacent to an activating group) is 1. The number of carbonyl (C=O) groups is 1. The van der Waals surface area contributed by atoms with Crippen LogP contribution in [0.4, 0.5) is 0 Å². The van der Waals surface area contributed by atoms with E-state index in [0.717, 1.165) is 24.6 Å². The molecule has 5 heteroatoms. The molecular formula is C12H25N3OS. The van der Waals surface area contributed by atoms with Gasteiger partial charge in [-0.1, -0.05) is 13.8 Å². The van der Waals surface area contributed by atoms with Crippen LogP contribution in [0.2, 0.25) is 0 Å². The van der Waals surface area contributed by atoms with Crippen molar-refractivity contribution in [3.63, 3.8) is 0 Å². The molecule has 1 rings (SSSR count). The van der Waals surface area contributed by atoms with Crippen LogP contribution in [0.5, 0.6) is 0 Å². The van der Waals surface area contributed by atoms with E-state index in [9.17, 15) is 4.79 Å². The number of hydrogen-bond acceptors (Lipinski definition) is 4. The van der Waals surface area contributed by atoms with Gasteiger partial charge in [0.25, 0.3) is 0 Å². The number of hydrogen-bond donors (Lipinski definition) is 2. The summed E-state index contributed by atoms with van der Waals surface area (Å²) >= 11 is 1.78. The largest absolute Gasteiger partial charge is 0.353 e. The second kappa shape index (κ2) is 7.24. The van der Waals surface area contributed by atoms with Gasteiger partial charge in [0, 0.05) is 24.2 Å². The fraction of sp³-hybridized carbons (Fsp3) is 0.917. The van der Waals surface area contributed by atoms with E-state index >= 15 is 0 Å². The Kier molecular flexibility index (Phi) is 6.30. The average Bonchev–Trinajstić information content (AvgIpc) is 2.76. The smallest absolute Gasteiger partial charge is 0.238 e. The van der Waals surface area contributed by atoms with Crippen LogP contribution in [-0.4, -0.2) is 55.2 Å². The van der Waals surface area contributed by atoms with Crippen molar-refractivity contribution < 1.29 is 4.79 Å². The molecular weight excluding hydrogens is 234 g/mol. The Hall–Kier alpha value is -0.260. The van der Waals surface area contributed by atoms with Crippen molar-refractivity contribution >= 4 is 17.7 Å². The Morgan fingerprint density at radius 1 is 1.53 bits per heavy atom. The average molecular weight is 259 g/mol. The van der Waals surface area contributed by atoms with Crippen LogP contribution in [0.1, 0.15) is 20.3 Å². The van der Waals surface area contributed by atoms with E-state index in [1.807, 2.05) is 0 Å². The number of carbonyl (C=O) groups excluding carboxylic acids is 1. The van der Waals surface area contributed by atoms with E-state index in [2.05, 4.69) is 43.5 Å². The Morgan fingerprint density at radius 3 is 2.71 bits per heavy atom. The summed E-state index contributed by atoms with van der Waals surface area (Å²) in [4.78, 5) is 14.0. The molecule has 0 spiro atoms. The predicted octanol–water partition coefficient (Wildman–Crippen LogP) is 0.741. The van der Waals surface area contributed by atoms with Crippen LogP contribution in [0, 0.1) is 5.92 Å². The van der Waals surface area contributed by atoms with E-state index in [-0.39, 0.29) is 11.9 Å². The fourth-order valence-electron chi connectivity index (χ4n) is 1.93. The molecule has 1 fully saturated rings. The zero-order chi connectivity index (χ0) is 12.8. The summed E-state index contributed by atoms with van der Waals surface area (Å²) in [7, 11) is 4.14. The summed E-state index contributed by atoms with van der Waals surface area (Å²) in [5, 5.41) is 6.24. The molecule has 0 saturated carbocycles. The van der Waals surface area contributed by atoms with Crippen LogP contribution in [0.15, 0.2) is 0 Å². The summed E-state index contributed by atoms with van der Waals surface area (Å²) in [6.07, 6.45) is 1.11. The van der Waals surface area contributed by atoms with Crippen molar-refractivity contribution in [3.05, 3.63) is 0 Å². The van der Waals surface area contributed by atoms with Gasteiger partial charge in [-0.25, -0.2) is 0 Å². The first kappa shape index (κ1) is 14.8. The quantitative estimate of drug-likeness (QED) is 0.738. The summed E-state index contributed by atoms with van der Waals surface area (Å²) in [5.41, 5.74) is 0. The molecule has 1 aliphatic heterocycles. The van der Waals surface area contributed by atoms with Crippen LogP contribution in [0.3, 0.4) is 0 Å². The monoisotopic (exact) mass is 259 g/mol. The molecule has 17 heavy (non-hydrogen) atoms. The number of rotatable bonds is 6. The van der Waals surface area contributed by atoms with E-state index < -0.39 is 0 Å². The summed E-state index contributed by atoms with van der Waals surface area (Å²) in [6, 6.07) is 0.426. The summed E-state index contributed by atoms with van der Waals surface area (Å²) < 4.78 is 0. The highest BCUT2D eigenvalue weighted by molar-refractivity contribution is 7.99. The van der Waals surface area contributed by atoms with Gasteiger partial charge in [0.1, 0.15) is 0 Å². The highest BCUT2D eigenvalue weighted by atomic mass is 32.2. The van der Waals surface area contributed by atoms with Crippen LogP contribution < -0.4 is 10.6 Å². The first-order valence-corrected chi connectivity index (χ1v) is 7.41. The maximum absolute atomic E-state index is 11.9. The minimum atomic E-state index is 0.00172. The van der Waals surface area contributed by atoms with E-state index in [1.54, 1.807) is 11.8 Å². The van der Waals surface area contributed by atoms with Crippen molar-refractivity contribution in [1.82, 2.24) is 15.5 Å². The first-order valence-electron chi connectivity index (χ1n) is 6.26. The van der Waals surface area contributed by atoms with Gasteiger partial charge in [-0.15, -0.1) is 11.8 Å². The molecule has 1 heterocycles. The molecule has 0 aromatic carbocycles. The molecule has 1 aliphatic rings. The van der Waals surface area contributed by atoms with E-state index in [4.69, 9.17) is 0 Å². The molecule has 100 valence electrons. The van der Waals surface area contributed by atoms with Crippen LogP contribution >= 0.6 is 11.8 Å². The molecule has 2 atom stereocenters. The SMILES string of the molecule is CC(C)CC(CNC(=O)C1CSCN1)N(C)C. The Balaban J connectivity index is 2.32. The molecule has 1 amide bonds. The van der Waals surface area contributed by atoms with Crippen molar-refractivity contribution in [3.8, 4) is 0 Å². The third-order valence-corrected chi connectivity index (χ3v) is 3.96. The van der Waals surface area contributed by atoms with Gasteiger partial charge in [-0.05, 0) is 26.4 Å². The topological polar surface area (TPSA) is 44.4 Å². The van der Waals surface area contributed by atoms with Crippen molar-refractivity contribution in [2.75, 3.05) is 32.3 Å². The van der Waals surface area contributed by atoms with Crippen molar-refractivity contribution in [2.24, 2.45) is 5.92 Å².